The summed E-state index contributed by atoms with van der Waals surface area (Å²) in [7, 11) is 0. The molecule has 0 amide bonds. The van der Waals surface area contributed by atoms with Crippen molar-refractivity contribution in [1.82, 2.24) is 0 Å². The molecule has 0 radical (unpaired) electrons. The monoisotopic (exact) mass is 244 g/mol. The van der Waals surface area contributed by atoms with Gasteiger partial charge in [-0.1, -0.05) is 0 Å². The van der Waals surface area contributed by atoms with E-state index in [1.165, 1.54) is 0 Å². The number of carbonyl (C=O) groups is 1. The number of ether oxygens (including phenoxy) is 1. The highest BCUT2D eigenvalue weighted by Crippen LogP contribution is 2.31. The third-order valence-corrected chi connectivity index (χ3v) is 1.49. The molecule has 0 saturated heterocycles. The molecule has 1 aromatic rings. The Morgan fingerprint density at radius 1 is 1.12 bits per heavy atom. The smallest absolute Gasteiger partial charge is 0.399 e. The van der Waals surface area contributed by atoms with Crippen LogP contribution in [0.25, 0.3) is 0 Å². The summed E-state index contributed by atoms with van der Waals surface area (Å²) < 4.78 is 76.4. The predicted octanol–water partition coefficient (Wildman–Crippen LogP) is 2.81. The number of halogens is 6. The van der Waals surface area contributed by atoms with E-state index in [4.69, 9.17) is 0 Å². The van der Waals surface area contributed by atoms with E-state index in [9.17, 15) is 31.1 Å². The van der Waals surface area contributed by atoms with Crippen LogP contribution in [0, 0.1) is 17.5 Å². The van der Waals surface area contributed by atoms with E-state index in [0.717, 1.165) is 0 Å². The summed E-state index contributed by atoms with van der Waals surface area (Å²) in [6.45, 7) is 0. The van der Waals surface area contributed by atoms with Gasteiger partial charge in [0, 0.05) is 0 Å². The zero-order valence-electron chi connectivity index (χ0n) is 7.24. The van der Waals surface area contributed by atoms with Crippen LogP contribution in [0.5, 0.6) is 5.75 Å². The van der Waals surface area contributed by atoms with Gasteiger partial charge in [0.05, 0.1) is 5.56 Å². The average molecular weight is 244 g/mol. The lowest BCUT2D eigenvalue weighted by Gasteiger charge is -2.11. The molecule has 0 fully saturated rings. The van der Waals surface area contributed by atoms with Crippen LogP contribution in [0.4, 0.5) is 26.3 Å². The second kappa shape index (κ2) is 4.03. The van der Waals surface area contributed by atoms with Crippen LogP contribution in [-0.4, -0.2) is 12.6 Å². The lowest BCUT2D eigenvalue weighted by Crippen LogP contribution is -2.20. The van der Waals surface area contributed by atoms with E-state index >= 15 is 0 Å². The summed E-state index contributed by atoms with van der Waals surface area (Å²) in [4.78, 5) is 10.1. The van der Waals surface area contributed by atoms with Crippen molar-refractivity contribution in [2.75, 3.05) is 0 Å². The van der Waals surface area contributed by atoms with Crippen molar-refractivity contribution in [2.24, 2.45) is 0 Å². The van der Waals surface area contributed by atoms with E-state index in [2.05, 4.69) is 4.74 Å². The van der Waals surface area contributed by atoms with Gasteiger partial charge in [-0.05, 0) is 6.07 Å². The molecule has 0 atom stereocenters. The molecular weight excluding hydrogens is 242 g/mol. The zero-order chi connectivity index (χ0) is 12.5. The Morgan fingerprint density at radius 3 is 2.12 bits per heavy atom. The molecule has 1 rings (SSSR count). The van der Waals surface area contributed by atoms with Gasteiger partial charge in [-0.15, -0.1) is 13.2 Å². The maximum Gasteiger partial charge on any atom is 0.573 e. The number of aldehydes is 1. The van der Waals surface area contributed by atoms with Crippen LogP contribution >= 0.6 is 0 Å². The Labute approximate surface area is 84.4 Å². The summed E-state index contributed by atoms with van der Waals surface area (Å²) in [5, 5.41) is 0. The molecule has 1 aromatic carbocycles. The second-order valence-corrected chi connectivity index (χ2v) is 2.57. The highest BCUT2D eigenvalue weighted by atomic mass is 19.4. The van der Waals surface area contributed by atoms with Crippen LogP contribution in [0.15, 0.2) is 6.07 Å². The maximum absolute atomic E-state index is 13.0. The second-order valence-electron chi connectivity index (χ2n) is 2.57. The van der Waals surface area contributed by atoms with Gasteiger partial charge in [0.1, 0.15) is 0 Å². The molecule has 8 heteroatoms. The highest BCUT2D eigenvalue weighted by molar-refractivity contribution is 5.76. The molecule has 0 spiro atoms. The normalized spacial score (nSPS) is 11.4. The molecule has 0 N–H and O–H groups in total. The minimum Gasteiger partial charge on any atom is -0.399 e. The van der Waals surface area contributed by atoms with Crippen LogP contribution in [0.2, 0.25) is 0 Å². The number of alkyl halides is 3. The number of benzene rings is 1. The van der Waals surface area contributed by atoms with Crippen molar-refractivity contribution in [1.29, 1.82) is 0 Å². The largest absolute Gasteiger partial charge is 0.573 e. The summed E-state index contributed by atoms with van der Waals surface area (Å²) in [5.41, 5.74) is -1.07. The molecule has 0 saturated carbocycles. The molecule has 0 aliphatic carbocycles. The fourth-order valence-electron chi connectivity index (χ4n) is 0.890. The molecule has 16 heavy (non-hydrogen) atoms. The SMILES string of the molecule is O=Cc1cc(F)c(F)c(OC(F)(F)F)c1F. The summed E-state index contributed by atoms with van der Waals surface area (Å²) in [6, 6.07) is 0.126. The Bertz CT molecular complexity index is 426. The van der Waals surface area contributed by atoms with E-state index in [1.54, 1.807) is 0 Å². The van der Waals surface area contributed by atoms with E-state index in [0.29, 0.717) is 0 Å². The van der Waals surface area contributed by atoms with Crippen molar-refractivity contribution in [2.45, 2.75) is 6.36 Å². The maximum atomic E-state index is 13.0. The first-order chi connectivity index (χ1) is 7.26. The van der Waals surface area contributed by atoms with Gasteiger partial charge in [-0.25, -0.2) is 8.78 Å². The van der Waals surface area contributed by atoms with Gasteiger partial charge in [-0.2, -0.15) is 4.39 Å². The fraction of sp³-hybridized carbons (Fsp3) is 0.125. The third-order valence-electron chi connectivity index (χ3n) is 1.49. The lowest BCUT2D eigenvalue weighted by molar-refractivity contribution is -0.276. The Balaban J connectivity index is 3.36. The molecule has 0 bridgehead atoms. The third kappa shape index (κ3) is 2.44. The first-order valence-electron chi connectivity index (χ1n) is 3.64. The van der Waals surface area contributed by atoms with Crippen LogP contribution < -0.4 is 4.74 Å². The molecule has 0 aromatic heterocycles. The van der Waals surface area contributed by atoms with Crippen molar-refractivity contribution in [3.8, 4) is 5.75 Å². The number of rotatable bonds is 2. The number of carbonyl (C=O) groups excluding carboxylic acids is 1. The average Bonchev–Trinajstić information content (AvgIpc) is 2.17. The Morgan fingerprint density at radius 2 is 1.69 bits per heavy atom. The minimum atomic E-state index is -5.39. The van der Waals surface area contributed by atoms with Crippen molar-refractivity contribution < 1.29 is 35.9 Å². The number of hydrogen-bond donors (Lipinski definition) is 0. The van der Waals surface area contributed by atoms with Crippen molar-refractivity contribution in [3.63, 3.8) is 0 Å². The van der Waals surface area contributed by atoms with Crippen molar-refractivity contribution >= 4 is 6.29 Å². The van der Waals surface area contributed by atoms with E-state index in [1.807, 2.05) is 0 Å². The highest BCUT2D eigenvalue weighted by Gasteiger charge is 2.35. The quantitative estimate of drug-likeness (QED) is 0.454. The molecule has 2 nitrogen and oxygen atoms in total. The molecule has 0 aliphatic rings. The minimum absolute atomic E-state index is 0.126. The van der Waals surface area contributed by atoms with E-state index < -0.39 is 35.1 Å². The predicted molar refractivity (Wildman–Crippen MR) is 38.4 cm³/mol. The Hall–Kier alpha value is -1.73. The molecule has 0 unspecified atom stereocenters. The molecular formula is C8H2F6O2. The topological polar surface area (TPSA) is 26.3 Å². The van der Waals surface area contributed by atoms with Gasteiger partial charge in [0.15, 0.2) is 17.9 Å². The summed E-state index contributed by atoms with van der Waals surface area (Å²) in [6.07, 6.45) is -5.66. The van der Waals surface area contributed by atoms with Crippen LogP contribution in [-0.2, 0) is 0 Å². The van der Waals surface area contributed by atoms with Crippen molar-refractivity contribution in [3.05, 3.63) is 29.1 Å². The van der Waals surface area contributed by atoms with Gasteiger partial charge in [0.2, 0.25) is 11.6 Å². The fourth-order valence-corrected chi connectivity index (χ4v) is 0.890. The standard InChI is InChI=1S/C8H2F6O2/c9-4-1-3(2-15)5(10)7(6(4)11)16-8(12,13)14/h1-2H. The van der Waals surface area contributed by atoms with Gasteiger partial charge < -0.3 is 4.74 Å². The molecule has 0 aliphatic heterocycles. The zero-order valence-corrected chi connectivity index (χ0v) is 7.24. The molecule has 88 valence electrons. The van der Waals surface area contributed by atoms with Crippen LogP contribution in [0.3, 0.4) is 0 Å². The van der Waals surface area contributed by atoms with Crippen LogP contribution in [0.1, 0.15) is 10.4 Å². The van der Waals surface area contributed by atoms with E-state index in [-0.39, 0.29) is 12.4 Å². The first kappa shape index (κ1) is 12.3. The lowest BCUT2D eigenvalue weighted by atomic mass is 10.2. The van der Waals surface area contributed by atoms with Gasteiger partial charge >= 0.3 is 6.36 Å². The summed E-state index contributed by atoms with van der Waals surface area (Å²) >= 11 is 0. The van der Waals surface area contributed by atoms with Gasteiger partial charge in [-0.3, -0.25) is 4.79 Å². The number of hydrogen-bond acceptors (Lipinski definition) is 2. The molecule has 0 heterocycles. The summed E-state index contributed by atoms with van der Waals surface area (Å²) in [5.74, 6) is -7.87. The van der Waals surface area contributed by atoms with Gasteiger partial charge in [0.25, 0.3) is 0 Å². The first-order valence-corrected chi connectivity index (χ1v) is 3.64. The Kier molecular flexibility index (Phi) is 3.11.